The second-order valence-electron chi connectivity index (χ2n) is 29.8. The van der Waals surface area contributed by atoms with Gasteiger partial charge in [-0.05, 0) is 184 Å². The first-order valence-corrected chi connectivity index (χ1v) is 37.6. The van der Waals surface area contributed by atoms with Gasteiger partial charge < -0.3 is 41.7 Å². The largest absolute Gasteiger partial charge is 0.476 e. The topological polar surface area (TPSA) is 382 Å². The van der Waals surface area contributed by atoms with Gasteiger partial charge in [0, 0.05) is 85.9 Å². The van der Waals surface area contributed by atoms with Crippen LogP contribution in [0.2, 0.25) is 0 Å². The van der Waals surface area contributed by atoms with Gasteiger partial charge in [0.25, 0.3) is 33.7 Å². The van der Waals surface area contributed by atoms with Crippen LogP contribution in [0.3, 0.4) is 0 Å². The fourth-order valence-corrected chi connectivity index (χ4v) is 18.9. The van der Waals surface area contributed by atoms with Gasteiger partial charge in [0.1, 0.15) is 24.5 Å². The average molecular weight is 1450 g/mol. The van der Waals surface area contributed by atoms with E-state index in [2.05, 4.69) is 34.8 Å². The summed E-state index contributed by atoms with van der Waals surface area (Å²) in [6, 6.07) is 19.4. The maximum atomic E-state index is 14.4. The normalized spacial score (nSPS) is 21.0. The van der Waals surface area contributed by atoms with Gasteiger partial charge in [-0.25, -0.2) is 29.3 Å². The van der Waals surface area contributed by atoms with Crippen LogP contribution in [-0.4, -0.2) is 157 Å². The number of hydrogen-bond acceptors (Lipinski definition) is 18. The number of ether oxygens (including phenoxy) is 1. The molecule has 2 unspecified atom stereocenters. The van der Waals surface area contributed by atoms with Crippen molar-refractivity contribution in [3.8, 4) is 11.1 Å². The number of anilines is 3. The number of fused-ring (bicyclic) bond motifs is 2. The Morgan fingerprint density at radius 2 is 1.52 bits per heavy atom. The van der Waals surface area contributed by atoms with Gasteiger partial charge >= 0.3 is 18.1 Å². The number of rotatable bonds is 31. The number of urea groups is 1. The Hall–Kier alpha value is -9.45. The number of carbonyl (C=O) groups is 9. The van der Waals surface area contributed by atoms with Gasteiger partial charge in [0.05, 0.1) is 22.2 Å². The molecule has 4 bridgehead atoms. The lowest BCUT2D eigenvalue weighted by atomic mass is 9.35. The SMILES string of the molecule is Cc1c(-c2ccc(N3CCc4cccc(C(=O)Nc5nc6ccccc6s5)c4C3)nc2C(=O)O)cnn1CC12CC3(C)CC(C)(CC(CCCN(CCS(=O)(=O)O)C(=O)OCc4ccc(NC(=O)N(C(=O)[C@@H](NC(=O)CCCCCN5C(=O)C=CC5=O)C(C)C)[C@@H](CCCN)C(N)=O)cc4)(C3)C1)C2. The van der Waals surface area contributed by atoms with Crippen LogP contribution in [0.15, 0.2) is 97.2 Å². The van der Waals surface area contributed by atoms with Crippen molar-refractivity contribution in [2.75, 3.05) is 54.0 Å². The number of primary amides is 1. The fraction of sp³-hybridized carbons (Fsp3) is 0.486. The van der Waals surface area contributed by atoms with Crippen LogP contribution < -0.4 is 32.3 Å². The molecule has 6 aromatic rings. The number of nitrogens with one attached hydrogen (secondary N) is 3. The number of unbranched alkanes of at least 4 members (excludes halogenated alkanes) is 2. The molecule has 5 heterocycles. The highest BCUT2D eigenvalue weighted by Gasteiger charge is 2.65. The lowest BCUT2D eigenvalue weighted by Crippen LogP contribution is -2.60. The molecule has 27 nitrogen and oxygen atoms in total. The Balaban J connectivity index is 0.715. The molecular weight excluding hydrogens is 1360 g/mol. The fourth-order valence-electron chi connectivity index (χ4n) is 17.6. The van der Waals surface area contributed by atoms with Crippen LogP contribution in [0.1, 0.15) is 161 Å². The van der Waals surface area contributed by atoms with Gasteiger partial charge in [0.15, 0.2) is 10.8 Å². The zero-order valence-electron chi connectivity index (χ0n) is 58.8. The van der Waals surface area contributed by atoms with E-state index in [1.54, 1.807) is 44.3 Å². The summed E-state index contributed by atoms with van der Waals surface area (Å²) in [4.78, 5) is 134. The molecule has 103 heavy (non-hydrogen) atoms. The van der Waals surface area contributed by atoms with E-state index in [-0.39, 0.29) is 91.0 Å². The van der Waals surface area contributed by atoms with Crippen molar-refractivity contribution < 1.29 is 66.0 Å². The third kappa shape index (κ3) is 17.4. The van der Waals surface area contributed by atoms with E-state index in [0.29, 0.717) is 89.8 Å². The lowest BCUT2D eigenvalue weighted by Gasteiger charge is -2.70. The number of thiazole rings is 1. The highest BCUT2D eigenvalue weighted by Crippen LogP contribution is 2.75. The van der Waals surface area contributed by atoms with Crippen LogP contribution in [0, 0.1) is 34.5 Å². The van der Waals surface area contributed by atoms with E-state index in [9.17, 15) is 61.2 Å². The van der Waals surface area contributed by atoms with Crippen molar-refractivity contribution in [1.82, 2.24) is 39.8 Å². The van der Waals surface area contributed by atoms with E-state index >= 15 is 0 Å². The van der Waals surface area contributed by atoms with E-state index in [1.165, 1.54) is 40.5 Å². The molecule has 4 saturated carbocycles. The summed E-state index contributed by atoms with van der Waals surface area (Å²) >= 11 is 1.40. The summed E-state index contributed by atoms with van der Waals surface area (Å²) in [6.45, 7) is 11.4. The van der Waals surface area contributed by atoms with Crippen LogP contribution in [0.25, 0.3) is 21.3 Å². The van der Waals surface area contributed by atoms with Gasteiger partial charge in [-0.3, -0.25) is 48.2 Å². The maximum absolute atomic E-state index is 14.4. The van der Waals surface area contributed by atoms with Gasteiger partial charge in [-0.2, -0.15) is 13.5 Å². The number of nitrogens with zero attached hydrogens (tertiary/aromatic N) is 8. The molecule has 0 radical (unpaired) electrons. The molecule has 4 fully saturated rings. The first kappa shape index (κ1) is 74.7. The number of aromatic carboxylic acids is 1. The second-order valence-corrected chi connectivity index (χ2v) is 32.4. The summed E-state index contributed by atoms with van der Waals surface area (Å²) in [6.07, 6.45) is 12.5. The van der Waals surface area contributed by atoms with E-state index in [4.69, 9.17) is 26.3 Å². The number of nitrogens with two attached hydrogens (primary N) is 2. The second kappa shape index (κ2) is 30.9. The average Bonchev–Trinajstić information content (AvgIpc) is 1.03. The molecule has 9 N–H and O–H groups in total. The number of hydrogen-bond donors (Lipinski definition) is 7. The maximum Gasteiger partial charge on any atom is 0.410 e. The Morgan fingerprint density at radius 3 is 2.20 bits per heavy atom. The Labute approximate surface area is 602 Å². The lowest BCUT2D eigenvalue weighted by molar-refractivity contribution is -0.198. The minimum atomic E-state index is -4.49. The van der Waals surface area contributed by atoms with Crippen molar-refractivity contribution >= 4 is 102 Å². The number of carboxylic acid groups (broad SMARTS) is 1. The van der Waals surface area contributed by atoms with Crippen molar-refractivity contribution in [3.05, 3.63) is 131 Å². The predicted octanol–water partition coefficient (Wildman–Crippen LogP) is 9.63. The Morgan fingerprint density at radius 1 is 0.806 bits per heavy atom. The van der Waals surface area contributed by atoms with Gasteiger partial charge in [-0.1, -0.05) is 81.9 Å². The first-order chi connectivity index (χ1) is 48.9. The number of amides is 9. The number of aromatic nitrogens is 4. The number of para-hydroxylation sites is 1. The van der Waals surface area contributed by atoms with Gasteiger partial charge in [-0.15, -0.1) is 0 Å². The molecule has 6 aliphatic rings. The molecule has 9 amide bonds. The predicted molar refractivity (Wildman–Crippen MR) is 387 cm³/mol. The molecule has 4 aliphatic carbocycles. The minimum Gasteiger partial charge on any atom is -0.476 e. The number of benzene rings is 3. The molecule has 29 heteroatoms. The van der Waals surface area contributed by atoms with Crippen molar-refractivity contribution in [1.29, 1.82) is 0 Å². The third-order valence-electron chi connectivity index (χ3n) is 20.9. The summed E-state index contributed by atoms with van der Waals surface area (Å²) in [7, 11) is -4.49. The number of imide groups is 2. The molecule has 548 valence electrons. The van der Waals surface area contributed by atoms with Crippen LogP contribution >= 0.6 is 11.3 Å². The van der Waals surface area contributed by atoms with Crippen molar-refractivity contribution in [2.45, 2.75) is 163 Å². The quantitative estimate of drug-likeness (QED) is 0.0121. The van der Waals surface area contributed by atoms with E-state index in [0.717, 1.165) is 76.9 Å². The number of carbonyl (C=O) groups excluding carboxylic acids is 8. The summed E-state index contributed by atoms with van der Waals surface area (Å²) in [5.74, 6) is -5.40. The van der Waals surface area contributed by atoms with Crippen molar-refractivity contribution in [3.63, 3.8) is 0 Å². The van der Waals surface area contributed by atoms with E-state index < -0.39 is 81.5 Å². The molecule has 0 spiro atoms. The monoisotopic (exact) mass is 1450 g/mol. The molecule has 12 rings (SSSR count). The molecular formula is C74H91N13O14S2. The summed E-state index contributed by atoms with van der Waals surface area (Å²) < 4.78 is 43.0. The smallest absolute Gasteiger partial charge is 0.410 e. The minimum absolute atomic E-state index is 0.00277. The summed E-state index contributed by atoms with van der Waals surface area (Å²) in [5, 5.41) is 24.6. The first-order valence-electron chi connectivity index (χ1n) is 35.2. The van der Waals surface area contributed by atoms with Gasteiger partial charge in [0.2, 0.25) is 11.8 Å². The molecule has 4 atom stereocenters. The zero-order valence-corrected chi connectivity index (χ0v) is 60.4. The standard InChI is InChI=1S/C74H91N13O14S2/c1-46(2)62(81-59(88)19-7-6-10-32-85-60(89)26-27-61(85)90)66(93)87(56(64(76)91)17-12-30-75)69(96)78-50-22-20-48(21-23-50)38-101-70(97)83(34-35-103(98,99)100)31-13-29-73-40-71(4)39-72(5,41-73)43-74(42-71,44-73)45-86-47(3)53(36-77-86)51-24-25-58(80-63(51)67(94)95)84-33-28-49-14-11-15-52(54(49)37-84)65(92)82-68-79-55-16-8-9-18-57(55)102-68/h8-9,11,14-16,18,20-27,36,46,56,62H,6-7,10,12-13,17,19,28-35,37-45,75H2,1-5H3,(H2,76,91)(H,78,96)(H,81,88)(H,94,95)(H,79,82,92)(H,98,99,100)/t56-,62-,71?,72?,73?,74?/m0/s1. The Bertz CT molecular complexity index is 4350. The third-order valence-corrected chi connectivity index (χ3v) is 22.6. The van der Waals surface area contributed by atoms with E-state index in [1.807, 2.05) is 59.0 Å². The molecule has 2 aliphatic heterocycles. The molecule has 3 aromatic carbocycles. The number of pyridine rings is 1. The van der Waals surface area contributed by atoms with Crippen LogP contribution in [0.4, 0.5) is 26.2 Å². The zero-order chi connectivity index (χ0) is 73.8. The Kier molecular flexibility index (Phi) is 22.4. The summed E-state index contributed by atoms with van der Waals surface area (Å²) in [5.41, 5.74) is 16.9. The highest BCUT2D eigenvalue weighted by atomic mass is 32.2. The molecule has 3 aromatic heterocycles. The van der Waals surface area contributed by atoms with Crippen LogP contribution in [-0.2, 0) is 64.9 Å². The number of carboxylic acids is 1. The molecule has 0 saturated heterocycles. The highest BCUT2D eigenvalue weighted by molar-refractivity contribution is 7.85. The van der Waals surface area contributed by atoms with Crippen molar-refractivity contribution in [2.24, 2.45) is 39.0 Å². The van der Waals surface area contributed by atoms with Crippen LogP contribution in [0.5, 0.6) is 0 Å².